The van der Waals surface area contributed by atoms with Crippen LogP contribution in [0.25, 0.3) is 0 Å². The average Bonchev–Trinajstić information content (AvgIpc) is 2.67. The van der Waals surface area contributed by atoms with E-state index in [2.05, 4.69) is 47.4 Å². The lowest BCUT2D eigenvalue weighted by molar-refractivity contribution is 0.109. The van der Waals surface area contributed by atoms with Crippen LogP contribution in [0.5, 0.6) is 11.5 Å². The molecular formula is C21H26N2O2. The van der Waals surface area contributed by atoms with Crippen molar-refractivity contribution in [3.8, 4) is 11.5 Å². The Labute approximate surface area is 149 Å². The van der Waals surface area contributed by atoms with E-state index in [9.17, 15) is 0 Å². The third-order valence-corrected chi connectivity index (χ3v) is 5.78. The lowest BCUT2D eigenvalue weighted by atomic mass is 9.78. The Bertz CT molecular complexity index is 747. The first-order chi connectivity index (χ1) is 12.2. The summed E-state index contributed by atoms with van der Waals surface area (Å²) in [6.07, 6.45) is 2.02. The quantitative estimate of drug-likeness (QED) is 0.934. The lowest BCUT2D eigenvalue weighted by Crippen LogP contribution is -2.49. The van der Waals surface area contributed by atoms with E-state index in [1.54, 1.807) is 14.2 Å². The topological polar surface area (TPSA) is 47.7 Å². The Kier molecular flexibility index (Phi) is 4.40. The molecule has 4 heteroatoms. The molecule has 0 spiro atoms. The molecule has 1 fully saturated rings. The van der Waals surface area contributed by atoms with Crippen LogP contribution in [0.3, 0.4) is 0 Å². The highest BCUT2D eigenvalue weighted by Crippen LogP contribution is 2.44. The SMILES string of the molecule is COc1cc2c(cc1OC)[C@H]1CC(N)[C@H](c3ccccc3)CN1CC2. The summed E-state index contributed by atoms with van der Waals surface area (Å²) in [7, 11) is 3.39. The number of nitrogens with two attached hydrogens (primary N) is 1. The van der Waals surface area contributed by atoms with Gasteiger partial charge in [-0.05, 0) is 41.7 Å². The summed E-state index contributed by atoms with van der Waals surface area (Å²) in [6, 6.07) is 15.5. The van der Waals surface area contributed by atoms with Crippen molar-refractivity contribution >= 4 is 0 Å². The molecule has 0 saturated carbocycles. The minimum Gasteiger partial charge on any atom is -0.493 e. The van der Waals surface area contributed by atoms with Crippen LogP contribution in [0.15, 0.2) is 42.5 Å². The van der Waals surface area contributed by atoms with Crippen LogP contribution < -0.4 is 15.2 Å². The van der Waals surface area contributed by atoms with Crippen LogP contribution in [0.4, 0.5) is 0 Å². The van der Waals surface area contributed by atoms with Crippen LogP contribution in [-0.2, 0) is 6.42 Å². The normalized spacial score (nSPS) is 25.8. The fourth-order valence-electron chi connectivity index (χ4n) is 4.44. The summed E-state index contributed by atoms with van der Waals surface area (Å²) in [4.78, 5) is 2.59. The maximum absolute atomic E-state index is 6.62. The Morgan fingerprint density at radius 3 is 2.48 bits per heavy atom. The first kappa shape index (κ1) is 16.4. The van der Waals surface area contributed by atoms with E-state index in [0.717, 1.165) is 37.4 Å². The zero-order chi connectivity index (χ0) is 17.4. The molecule has 2 aromatic rings. The average molecular weight is 338 g/mol. The molecule has 0 aliphatic carbocycles. The van der Waals surface area contributed by atoms with E-state index >= 15 is 0 Å². The molecule has 2 aliphatic rings. The fraction of sp³-hybridized carbons (Fsp3) is 0.429. The number of rotatable bonds is 3. The van der Waals surface area contributed by atoms with E-state index in [0.29, 0.717) is 12.0 Å². The largest absolute Gasteiger partial charge is 0.493 e. The summed E-state index contributed by atoms with van der Waals surface area (Å²) in [5.41, 5.74) is 10.7. The summed E-state index contributed by atoms with van der Waals surface area (Å²) in [5.74, 6) is 2.03. The highest BCUT2D eigenvalue weighted by molar-refractivity contribution is 5.49. The smallest absolute Gasteiger partial charge is 0.161 e. The minimum atomic E-state index is 0.169. The van der Waals surface area contributed by atoms with Gasteiger partial charge in [0, 0.05) is 31.1 Å². The molecular weight excluding hydrogens is 312 g/mol. The number of hydrogen-bond donors (Lipinski definition) is 1. The highest BCUT2D eigenvalue weighted by atomic mass is 16.5. The number of nitrogens with zero attached hydrogens (tertiary/aromatic N) is 1. The molecule has 3 atom stereocenters. The molecule has 2 N–H and O–H groups in total. The first-order valence-corrected chi connectivity index (χ1v) is 9.00. The molecule has 0 bridgehead atoms. The molecule has 4 rings (SSSR count). The summed E-state index contributed by atoms with van der Waals surface area (Å²) in [5, 5.41) is 0. The van der Waals surface area contributed by atoms with Gasteiger partial charge < -0.3 is 15.2 Å². The van der Waals surface area contributed by atoms with E-state index in [4.69, 9.17) is 15.2 Å². The third kappa shape index (κ3) is 2.90. The lowest BCUT2D eigenvalue weighted by Gasteiger charge is -2.46. The fourth-order valence-corrected chi connectivity index (χ4v) is 4.44. The molecule has 132 valence electrons. The van der Waals surface area contributed by atoms with Gasteiger partial charge in [-0.2, -0.15) is 0 Å². The van der Waals surface area contributed by atoms with Gasteiger partial charge in [-0.3, -0.25) is 4.90 Å². The van der Waals surface area contributed by atoms with Crippen molar-refractivity contribution in [1.29, 1.82) is 0 Å². The van der Waals surface area contributed by atoms with Crippen molar-refractivity contribution in [2.24, 2.45) is 5.73 Å². The molecule has 25 heavy (non-hydrogen) atoms. The second kappa shape index (κ2) is 6.70. The number of hydrogen-bond acceptors (Lipinski definition) is 4. The first-order valence-electron chi connectivity index (χ1n) is 9.00. The van der Waals surface area contributed by atoms with E-state index < -0.39 is 0 Å². The van der Waals surface area contributed by atoms with Gasteiger partial charge in [0.25, 0.3) is 0 Å². The summed E-state index contributed by atoms with van der Waals surface area (Å²) >= 11 is 0. The Hall–Kier alpha value is -2.04. The zero-order valence-corrected chi connectivity index (χ0v) is 14.9. The molecule has 4 nitrogen and oxygen atoms in total. The molecule has 1 saturated heterocycles. The van der Waals surface area contributed by atoms with Gasteiger partial charge >= 0.3 is 0 Å². The van der Waals surface area contributed by atoms with Crippen molar-refractivity contribution in [2.75, 3.05) is 27.3 Å². The van der Waals surface area contributed by atoms with Crippen molar-refractivity contribution < 1.29 is 9.47 Å². The summed E-state index contributed by atoms with van der Waals surface area (Å²) in [6.45, 7) is 2.09. The van der Waals surface area contributed by atoms with Gasteiger partial charge in [-0.25, -0.2) is 0 Å². The second-order valence-corrected chi connectivity index (χ2v) is 7.08. The van der Waals surface area contributed by atoms with Crippen LogP contribution >= 0.6 is 0 Å². The van der Waals surface area contributed by atoms with Crippen LogP contribution in [0.1, 0.15) is 35.1 Å². The van der Waals surface area contributed by atoms with Crippen molar-refractivity contribution in [3.63, 3.8) is 0 Å². The monoisotopic (exact) mass is 338 g/mol. The van der Waals surface area contributed by atoms with Crippen LogP contribution in [0, 0.1) is 0 Å². The molecule has 0 radical (unpaired) electrons. The predicted octanol–water partition coefficient (Wildman–Crippen LogP) is 3.12. The number of ether oxygens (including phenoxy) is 2. The third-order valence-electron chi connectivity index (χ3n) is 5.78. The van der Waals surface area contributed by atoms with Gasteiger partial charge in [0.1, 0.15) is 0 Å². The summed E-state index contributed by atoms with van der Waals surface area (Å²) < 4.78 is 11.0. The zero-order valence-electron chi connectivity index (χ0n) is 14.9. The Morgan fingerprint density at radius 2 is 1.76 bits per heavy atom. The van der Waals surface area contributed by atoms with Gasteiger partial charge in [0.05, 0.1) is 14.2 Å². The van der Waals surface area contributed by atoms with Gasteiger partial charge in [-0.1, -0.05) is 30.3 Å². The van der Waals surface area contributed by atoms with Crippen molar-refractivity contribution in [2.45, 2.75) is 30.8 Å². The molecule has 0 aromatic heterocycles. The number of methoxy groups -OCH3 is 2. The number of fused-ring (bicyclic) bond motifs is 3. The van der Waals surface area contributed by atoms with Crippen LogP contribution in [0.2, 0.25) is 0 Å². The van der Waals surface area contributed by atoms with E-state index in [1.807, 2.05) is 0 Å². The Morgan fingerprint density at radius 1 is 1.04 bits per heavy atom. The molecule has 2 aliphatic heterocycles. The van der Waals surface area contributed by atoms with Gasteiger partial charge in [0.15, 0.2) is 11.5 Å². The number of benzene rings is 2. The molecule has 1 unspecified atom stereocenters. The Balaban J connectivity index is 1.65. The van der Waals surface area contributed by atoms with Crippen molar-refractivity contribution in [3.05, 3.63) is 59.2 Å². The predicted molar refractivity (Wildman–Crippen MR) is 99.3 cm³/mol. The molecule has 2 heterocycles. The second-order valence-electron chi connectivity index (χ2n) is 7.08. The number of piperidine rings is 1. The maximum atomic E-state index is 6.62. The van der Waals surface area contributed by atoms with E-state index in [1.165, 1.54) is 16.7 Å². The standard InChI is InChI=1S/C21H26N2O2/c1-24-20-10-15-8-9-23-13-17(14-6-4-3-5-7-14)18(22)12-19(23)16(15)11-21(20)25-2/h3-7,10-11,17-19H,8-9,12-13,22H2,1-2H3/t17-,18?,19+/m0/s1. The maximum Gasteiger partial charge on any atom is 0.161 e. The highest BCUT2D eigenvalue weighted by Gasteiger charge is 2.38. The van der Waals surface area contributed by atoms with E-state index in [-0.39, 0.29) is 6.04 Å². The van der Waals surface area contributed by atoms with Crippen molar-refractivity contribution in [1.82, 2.24) is 4.90 Å². The van der Waals surface area contributed by atoms with Gasteiger partial charge in [-0.15, -0.1) is 0 Å². The molecule has 2 aromatic carbocycles. The minimum absolute atomic E-state index is 0.169. The molecule has 0 amide bonds. The van der Waals surface area contributed by atoms with Gasteiger partial charge in [0.2, 0.25) is 0 Å². The van der Waals surface area contributed by atoms with Crippen LogP contribution in [-0.4, -0.2) is 38.3 Å².